The maximum absolute atomic E-state index is 12.2. The molecule has 1 atom stereocenters. The lowest BCUT2D eigenvalue weighted by atomic mass is 9.83. The fraction of sp³-hybridized carbons (Fsp3) is 0.500. The third-order valence-corrected chi connectivity index (χ3v) is 5.05. The van der Waals surface area contributed by atoms with Crippen LogP contribution in [0, 0.1) is 11.3 Å². The van der Waals surface area contributed by atoms with Gasteiger partial charge in [-0.1, -0.05) is 37.5 Å². The summed E-state index contributed by atoms with van der Waals surface area (Å²) in [6.07, 6.45) is 3.34. The van der Waals surface area contributed by atoms with E-state index in [1.807, 2.05) is 30.3 Å². The summed E-state index contributed by atoms with van der Waals surface area (Å²) in [5, 5.41) is 12.2. The molecule has 1 aromatic carbocycles. The number of benzene rings is 1. The van der Waals surface area contributed by atoms with E-state index in [0.717, 1.165) is 24.2 Å². The van der Waals surface area contributed by atoms with Crippen LogP contribution in [-0.4, -0.2) is 29.3 Å². The lowest BCUT2D eigenvalue weighted by Crippen LogP contribution is -2.52. The molecule has 6 heteroatoms. The average Bonchev–Trinajstić information content (AvgIpc) is 2.61. The molecule has 0 radical (unpaired) electrons. The minimum absolute atomic E-state index is 0.144. The van der Waals surface area contributed by atoms with E-state index in [-0.39, 0.29) is 5.75 Å². The minimum atomic E-state index is -0.902. The molecular weight excluding hydrogens is 324 g/mol. The van der Waals surface area contributed by atoms with Gasteiger partial charge in [-0.05, 0) is 31.9 Å². The van der Waals surface area contributed by atoms with E-state index in [4.69, 9.17) is 4.74 Å². The first-order valence-electron chi connectivity index (χ1n) is 8.15. The number of rotatable bonds is 6. The Labute approximate surface area is 146 Å². The van der Waals surface area contributed by atoms with Gasteiger partial charge in [-0.15, -0.1) is 11.8 Å². The van der Waals surface area contributed by atoms with Crippen LogP contribution in [0.5, 0.6) is 0 Å². The average molecular weight is 346 g/mol. The summed E-state index contributed by atoms with van der Waals surface area (Å²) >= 11 is 1.36. The third-order valence-electron chi connectivity index (χ3n) is 4.06. The SMILES string of the molecule is C[C@@H](OC(=O)CSc1ccccc1)C(=O)NC1(C#N)CCCCC1. The molecule has 0 bridgehead atoms. The van der Waals surface area contributed by atoms with Crippen LogP contribution < -0.4 is 5.32 Å². The molecule has 0 spiro atoms. The van der Waals surface area contributed by atoms with Crippen molar-refractivity contribution in [3.05, 3.63) is 30.3 Å². The van der Waals surface area contributed by atoms with Crippen molar-refractivity contribution < 1.29 is 14.3 Å². The number of thioether (sulfide) groups is 1. The number of hydrogen-bond acceptors (Lipinski definition) is 5. The van der Waals surface area contributed by atoms with Gasteiger partial charge in [-0.2, -0.15) is 5.26 Å². The highest BCUT2D eigenvalue weighted by Crippen LogP contribution is 2.27. The van der Waals surface area contributed by atoms with Gasteiger partial charge in [0.05, 0.1) is 11.8 Å². The molecule has 5 nitrogen and oxygen atoms in total. The van der Waals surface area contributed by atoms with E-state index in [1.54, 1.807) is 0 Å². The fourth-order valence-corrected chi connectivity index (χ4v) is 3.40. The van der Waals surface area contributed by atoms with Gasteiger partial charge < -0.3 is 10.1 Å². The molecule has 1 amide bonds. The van der Waals surface area contributed by atoms with Gasteiger partial charge in [-0.3, -0.25) is 9.59 Å². The van der Waals surface area contributed by atoms with Gasteiger partial charge in [0, 0.05) is 4.90 Å². The van der Waals surface area contributed by atoms with Crippen LogP contribution >= 0.6 is 11.8 Å². The normalized spacial score (nSPS) is 17.3. The summed E-state index contributed by atoms with van der Waals surface area (Å²) < 4.78 is 5.18. The van der Waals surface area contributed by atoms with E-state index in [1.165, 1.54) is 18.7 Å². The maximum atomic E-state index is 12.2. The largest absolute Gasteiger partial charge is 0.452 e. The number of hydrogen-bond donors (Lipinski definition) is 1. The number of nitrogens with one attached hydrogen (secondary N) is 1. The van der Waals surface area contributed by atoms with Crippen molar-refractivity contribution >= 4 is 23.6 Å². The van der Waals surface area contributed by atoms with Crippen LogP contribution in [0.4, 0.5) is 0 Å². The highest BCUT2D eigenvalue weighted by atomic mass is 32.2. The van der Waals surface area contributed by atoms with Crippen molar-refractivity contribution in [3.63, 3.8) is 0 Å². The number of ether oxygens (including phenoxy) is 1. The van der Waals surface area contributed by atoms with Gasteiger partial charge in [0.1, 0.15) is 5.54 Å². The Bertz CT molecular complexity index is 606. The first-order valence-corrected chi connectivity index (χ1v) is 9.14. The van der Waals surface area contributed by atoms with E-state index in [2.05, 4.69) is 11.4 Å². The molecule has 0 aliphatic heterocycles. The van der Waals surface area contributed by atoms with E-state index >= 15 is 0 Å². The van der Waals surface area contributed by atoms with Gasteiger partial charge in [0.2, 0.25) is 0 Å². The van der Waals surface area contributed by atoms with Crippen molar-refractivity contribution in [1.29, 1.82) is 5.26 Å². The first-order chi connectivity index (χ1) is 11.5. The molecule has 24 heavy (non-hydrogen) atoms. The molecule has 0 heterocycles. The number of nitrogens with zero attached hydrogens (tertiary/aromatic N) is 1. The molecule has 0 saturated heterocycles. The Morgan fingerprint density at radius 2 is 1.96 bits per heavy atom. The van der Waals surface area contributed by atoms with Crippen molar-refractivity contribution in [2.75, 3.05) is 5.75 Å². The quantitative estimate of drug-likeness (QED) is 0.632. The van der Waals surface area contributed by atoms with Gasteiger partial charge in [0.15, 0.2) is 6.10 Å². The summed E-state index contributed by atoms with van der Waals surface area (Å²) in [5.74, 6) is -0.706. The van der Waals surface area contributed by atoms with Crippen LogP contribution in [0.1, 0.15) is 39.0 Å². The zero-order valence-corrected chi connectivity index (χ0v) is 14.6. The third kappa shape index (κ3) is 5.27. The number of esters is 1. The number of carbonyl (C=O) groups is 2. The molecule has 0 unspecified atom stereocenters. The fourth-order valence-electron chi connectivity index (χ4n) is 2.70. The summed E-state index contributed by atoms with van der Waals surface area (Å²) in [7, 11) is 0. The van der Waals surface area contributed by atoms with E-state index in [0.29, 0.717) is 12.8 Å². The highest BCUT2D eigenvalue weighted by molar-refractivity contribution is 8.00. The summed E-state index contributed by atoms with van der Waals surface area (Å²) in [6, 6.07) is 11.8. The van der Waals surface area contributed by atoms with E-state index < -0.39 is 23.5 Å². The maximum Gasteiger partial charge on any atom is 0.317 e. The topological polar surface area (TPSA) is 79.2 Å². The Balaban J connectivity index is 1.80. The van der Waals surface area contributed by atoms with Crippen molar-refractivity contribution in [2.24, 2.45) is 0 Å². The Morgan fingerprint density at radius 1 is 1.29 bits per heavy atom. The highest BCUT2D eigenvalue weighted by Gasteiger charge is 2.35. The van der Waals surface area contributed by atoms with Gasteiger partial charge >= 0.3 is 5.97 Å². The van der Waals surface area contributed by atoms with Crippen molar-refractivity contribution in [1.82, 2.24) is 5.32 Å². The predicted octanol–water partition coefficient (Wildman–Crippen LogP) is 3.05. The summed E-state index contributed by atoms with van der Waals surface area (Å²) in [4.78, 5) is 25.1. The van der Waals surface area contributed by atoms with Crippen molar-refractivity contribution in [3.8, 4) is 6.07 Å². The molecule has 1 aliphatic carbocycles. The molecule has 0 aromatic heterocycles. The van der Waals surface area contributed by atoms with E-state index in [9.17, 15) is 14.9 Å². The van der Waals surface area contributed by atoms with Crippen molar-refractivity contribution in [2.45, 2.75) is 55.6 Å². The molecule has 1 fully saturated rings. The molecule has 1 N–H and O–H groups in total. The second kappa shape index (κ2) is 8.74. The first kappa shape index (κ1) is 18.3. The molecule has 1 aromatic rings. The lowest BCUT2D eigenvalue weighted by Gasteiger charge is -2.32. The zero-order valence-electron chi connectivity index (χ0n) is 13.8. The standard InChI is InChI=1S/C18H22N2O3S/c1-14(17(22)20-18(13-19)10-6-3-7-11-18)23-16(21)12-24-15-8-4-2-5-9-15/h2,4-5,8-9,14H,3,6-7,10-12H2,1H3,(H,20,22)/t14-/m1/s1. The predicted molar refractivity (Wildman–Crippen MR) is 92.3 cm³/mol. The van der Waals surface area contributed by atoms with Crippen LogP contribution in [0.2, 0.25) is 0 Å². The Hall–Kier alpha value is -2.00. The molecule has 128 valence electrons. The number of amides is 1. The van der Waals surface area contributed by atoms with Gasteiger partial charge in [-0.25, -0.2) is 0 Å². The molecular formula is C18H22N2O3S. The molecule has 2 rings (SSSR count). The summed E-state index contributed by atoms with van der Waals surface area (Å²) in [5.41, 5.74) is -0.811. The number of nitriles is 1. The minimum Gasteiger partial charge on any atom is -0.452 e. The smallest absolute Gasteiger partial charge is 0.317 e. The molecule has 1 aliphatic rings. The molecule has 1 saturated carbocycles. The zero-order chi connectivity index (χ0) is 17.4. The Morgan fingerprint density at radius 3 is 2.58 bits per heavy atom. The second-order valence-electron chi connectivity index (χ2n) is 5.98. The van der Waals surface area contributed by atoms with Crippen LogP contribution in [-0.2, 0) is 14.3 Å². The summed E-state index contributed by atoms with van der Waals surface area (Å²) in [6.45, 7) is 1.54. The monoisotopic (exact) mass is 346 g/mol. The van der Waals surface area contributed by atoms with Crippen LogP contribution in [0.15, 0.2) is 35.2 Å². The Kier molecular flexibility index (Phi) is 6.68. The van der Waals surface area contributed by atoms with Gasteiger partial charge in [0.25, 0.3) is 5.91 Å². The lowest BCUT2D eigenvalue weighted by molar-refractivity contribution is -0.152. The van der Waals surface area contributed by atoms with Crippen LogP contribution in [0.25, 0.3) is 0 Å². The number of carbonyl (C=O) groups excluding carboxylic acids is 2. The van der Waals surface area contributed by atoms with Crippen LogP contribution in [0.3, 0.4) is 0 Å². The second-order valence-corrected chi connectivity index (χ2v) is 7.03.